The quantitative estimate of drug-likeness (QED) is 0.631. The predicted molar refractivity (Wildman–Crippen MR) is 108 cm³/mol. The molecule has 1 atom stereocenters. The van der Waals surface area contributed by atoms with Gasteiger partial charge in [0.25, 0.3) is 0 Å². The Morgan fingerprint density at radius 2 is 1.88 bits per heavy atom. The second kappa shape index (κ2) is 5.30. The molecule has 3 aromatic rings. The molecule has 1 aromatic carbocycles. The van der Waals surface area contributed by atoms with Crippen LogP contribution in [0.4, 0.5) is 11.4 Å². The van der Waals surface area contributed by atoms with E-state index in [1.807, 2.05) is 6.07 Å². The number of para-hydroxylation sites is 2. The molecule has 2 aliphatic heterocycles. The number of hydrogen-bond donors (Lipinski definition) is 0. The Hall–Kier alpha value is -2.89. The van der Waals surface area contributed by atoms with E-state index in [9.17, 15) is 0 Å². The van der Waals surface area contributed by atoms with Gasteiger partial charge in [0.05, 0.1) is 11.4 Å². The molecule has 5 rings (SSSR count). The number of allylic oxidation sites excluding steroid dienone is 1. The summed E-state index contributed by atoms with van der Waals surface area (Å²) in [6.07, 6.45) is 4.14. The summed E-state index contributed by atoms with van der Waals surface area (Å²) in [5.41, 5.74) is 5.57. The first-order valence-electron chi connectivity index (χ1n) is 9.04. The maximum Gasteiger partial charge on any atom is 0.315 e. The number of benzene rings is 1. The first-order chi connectivity index (χ1) is 12.6. The van der Waals surface area contributed by atoms with Crippen molar-refractivity contribution in [3.05, 3.63) is 54.1 Å². The van der Waals surface area contributed by atoms with Crippen LogP contribution < -0.4 is 15.4 Å². The zero-order valence-electron chi connectivity index (χ0n) is 15.5. The minimum Gasteiger partial charge on any atom is -0.439 e. The Morgan fingerprint density at radius 3 is 2.69 bits per heavy atom. The molecule has 2 aliphatic rings. The molecule has 0 saturated heterocycles. The van der Waals surface area contributed by atoms with Crippen LogP contribution in [0.2, 0.25) is 6.82 Å². The summed E-state index contributed by atoms with van der Waals surface area (Å²) < 4.78 is 6.02. The lowest BCUT2D eigenvalue weighted by Crippen LogP contribution is -2.59. The molecular weight excluding hydrogens is 323 g/mol. The average molecular weight is 344 g/mol. The molecule has 6 heteroatoms. The van der Waals surface area contributed by atoms with E-state index in [-0.39, 0.29) is 13.0 Å². The number of pyridine rings is 1. The highest BCUT2D eigenvalue weighted by Gasteiger charge is 2.41. The van der Waals surface area contributed by atoms with E-state index in [0.717, 1.165) is 11.1 Å². The molecule has 4 heterocycles. The Labute approximate surface area is 153 Å². The number of fused-ring (bicyclic) bond motifs is 4. The van der Waals surface area contributed by atoms with Gasteiger partial charge in [0.2, 0.25) is 5.71 Å². The summed E-state index contributed by atoms with van der Waals surface area (Å²) in [6, 6.07) is 12.7. The van der Waals surface area contributed by atoms with Crippen molar-refractivity contribution in [1.82, 2.24) is 9.90 Å². The number of hydrazine groups is 1. The van der Waals surface area contributed by atoms with E-state index in [1.54, 1.807) is 6.20 Å². The van der Waals surface area contributed by atoms with Gasteiger partial charge >= 0.3 is 6.85 Å². The van der Waals surface area contributed by atoms with Crippen molar-refractivity contribution >= 4 is 40.9 Å². The van der Waals surface area contributed by atoms with E-state index in [2.05, 4.69) is 83.9 Å². The second-order valence-electron chi connectivity index (χ2n) is 7.12. The van der Waals surface area contributed by atoms with E-state index in [0.29, 0.717) is 5.71 Å². The number of nitrogens with zero attached hydrogens (tertiary/aromatic N) is 4. The van der Waals surface area contributed by atoms with E-state index < -0.39 is 0 Å². The minimum atomic E-state index is 0.155. The van der Waals surface area contributed by atoms with Crippen molar-refractivity contribution in [2.45, 2.75) is 26.8 Å². The molecule has 0 aliphatic carbocycles. The Balaban J connectivity index is 1.67. The highest BCUT2D eigenvalue weighted by atomic mass is 16.3. The third-order valence-electron chi connectivity index (χ3n) is 5.67. The van der Waals surface area contributed by atoms with Gasteiger partial charge in [-0.05, 0) is 44.2 Å². The van der Waals surface area contributed by atoms with Gasteiger partial charge in [-0.15, -0.1) is 0 Å². The lowest BCUT2D eigenvalue weighted by atomic mass is 9.55. The second-order valence-corrected chi connectivity index (χ2v) is 7.12. The summed E-state index contributed by atoms with van der Waals surface area (Å²) in [6.45, 7) is 6.78. The SMILES string of the molecule is CB1c2c(oc3ncccc23)C=C(C)N1N1c2ccccc2N(C)[C@@H]1C. The maximum atomic E-state index is 6.02. The topological polar surface area (TPSA) is 35.8 Å². The average Bonchev–Trinajstić information content (AvgIpc) is 3.12. The van der Waals surface area contributed by atoms with Crippen LogP contribution in [0, 0.1) is 0 Å². The minimum absolute atomic E-state index is 0.155. The molecule has 26 heavy (non-hydrogen) atoms. The fraction of sp³-hybridized carbons (Fsp3) is 0.250. The van der Waals surface area contributed by atoms with Crippen LogP contribution in [-0.4, -0.2) is 30.0 Å². The van der Waals surface area contributed by atoms with Crippen LogP contribution >= 0.6 is 0 Å². The van der Waals surface area contributed by atoms with E-state index in [4.69, 9.17) is 4.42 Å². The van der Waals surface area contributed by atoms with E-state index >= 15 is 0 Å². The zero-order valence-corrected chi connectivity index (χ0v) is 15.5. The maximum absolute atomic E-state index is 6.02. The molecule has 5 nitrogen and oxygen atoms in total. The van der Waals surface area contributed by atoms with Gasteiger partial charge in [-0.2, -0.15) is 0 Å². The van der Waals surface area contributed by atoms with Crippen LogP contribution in [0.15, 0.2) is 52.7 Å². The van der Waals surface area contributed by atoms with Crippen molar-refractivity contribution in [3.8, 4) is 0 Å². The molecule has 0 fully saturated rings. The van der Waals surface area contributed by atoms with Gasteiger partial charge in [-0.1, -0.05) is 19.0 Å². The van der Waals surface area contributed by atoms with Crippen molar-refractivity contribution in [2.24, 2.45) is 0 Å². The van der Waals surface area contributed by atoms with Gasteiger partial charge in [-0.3, -0.25) is 5.01 Å². The lowest BCUT2D eigenvalue weighted by molar-refractivity contribution is 0.438. The summed E-state index contributed by atoms with van der Waals surface area (Å²) in [5, 5.41) is 3.49. The van der Waals surface area contributed by atoms with Crippen LogP contribution in [-0.2, 0) is 0 Å². The van der Waals surface area contributed by atoms with Crippen LogP contribution in [0.3, 0.4) is 0 Å². The van der Waals surface area contributed by atoms with Gasteiger partial charge < -0.3 is 14.2 Å². The van der Waals surface area contributed by atoms with Crippen LogP contribution in [0.5, 0.6) is 0 Å². The third-order valence-corrected chi connectivity index (χ3v) is 5.67. The van der Waals surface area contributed by atoms with E-state index in [1.165, 1.54) is 22.5 Å². The Morgan fingerprint density at radius 1 is 1.12 bits per heavy atom. The summed E-state index contributed by atoms with van der Waals surface area (Å²) >= 11 is 0. The Kier molecular flexibility index (Phi) is 3.14. The zero-order chi connectivity index (χ0) is 18.0. The third kappa shape index (κ3) is 1.90. The fourth-order valence-corrected chi connectivity index (χ4v) is 4.37. The number of hydrogen-bond acceptors (Lipinski definition) is 5. The molecule has 0 bridgehead atoms. The molecule has 0 saturated carbocycles. The van der Waals surface area contributed by atoms with Gasteiger partial charge in [-0.25, -0.2) is 4.98 Å². The molecule has 130 valence electrons. The first-order valence-corrected chi connectivity index (χ1v) is 9.04. The Bertz CT molecular complexity index is 1040. The lowest BCUT2D eigenvalue weighted by Gasteiger charge is -2.44. The summed E-state index contributed by atoms with van der Waals surface area (Å²) in [5.74, 6) is 0.924. The number of aromatic nitrogens is 1. The highest BCUT2D eigenvalue weighted by Crippen LogP contribution is 2.41. The van der Waals surface area contributed by atoms with Crippen LogP contribution in [0.25, 0.3) is 17.2 Å². The first kappa shape index (κ1) is 15.4. The number of furan rings is 1. The summed E-state index contributed by atoms with van der Waals surface area (Å²) in [4.78, 5) is 9.10. The molecule has 0 N–H and O–H groups in total. The standard InChI is InChI=1S/C20H21BN4O/c1-13-12-18-19(15-8-7-11-22-20(15)26-18)21(3)25(13)24-14(2)23(4)16-9-5-6-10-17(16)24/h5-12,14H,1-4H3/t14-/m0/s1. The summed E-state index contributed by atoms with van der Waals surface area (Å²) in [7, 11) is 2.15. The van der Waals surface area contributed by atoms with Crippen molar-refractivity contribution in [3.63, 3.8) is 0 Å². The molecule has 2 aromatic heterocycles. The van der Waals surface area contributed by atoms with Crippen molar-refractivity contribution < 1.29 is 4.42 Å². The smallest absolute Gasteiger partial charge is 0.315 e. The van der Waals surface area contributed by atoms with Crippen LogP contribution in [0.1, 0.15) is 19.6 Å². The largest absolute Gasteiger partial charge is 0.439 e. The molecule has 0 spiro atoms. The highest BCUT2D eigenvalue weighted by molar-refractivity contribution is 6.73. The molecular formula is C20H21BN4O. The van der Waals surface area contributed by atoms with Crippen molar-refractivity contribution in [2.75, 3.05) is 17.0 Å². The molecule has 0 amide bonds. The van der Waals surface area contributed by atoms with Gasteiger partial charge in [0.1, 0.15) is 11.9 Å². The number of rotatable bonds is 1. The fourth-order valence-electron chi connectivity index (χ4n) is 4.37. The number of anilines is 2. The van der Waals surface area contributed by atoms with Crippen molar-refractivity contribution in [1.29, 1.82) is 0 Å². The molecule has 0 unspecified atom stereocenters. The monoisotopic (exact) mass is 344 g/mol. The normalized spacial score (nSPS) is 19.1. The van der Waals surface area contributed by atoms with Gasteiger partial charge in [0.15, 0.2) is 0 Å². The van der Waals surface area contributed by atoms with Gasteiger partial charge in [0, 0.05) is 29.8 Å². The molecule has 0 radical (unpaired) electrons. The predicted octanol–water partition coefficient (Wildman–Crippen LogP) is 3.55.